The number of hydrogen-bond acceptors (Lipinski definition) is 6. The molecule has 2 aromatic rings. The second-order valence-electron chi connectivity index (χ2n) is 4.31. The number of fused-ring (bicyclic) bond motifs is 1. The molecule has 0 aliphatic carbocycles. The number of carbonyl (C=O) groups excluding carboxylic acids is 1. The Morgan fingerprint density at radius 2 is 2.16 bits per heavy atom. The van der Waals surface area contributed by atoms with Crippen molar-refractivity contribution in [3.8, 4) is 0 Å². The van der Waals surface area contributed by atoms with Gasteiger partial charge in [0.1, 0.15) is 11.8 Å². The second kappa shape index (κ2) is 5.19. The van der Waals surface area contributed by atoms with E-state index < -0.39 is 0 Å². The van der Waals surface area contributed by atoms with E-state index in [0.717, 1.165) is 31.7 Å². The SMILES string of the molecule is O=C(CNc1ncnc2nc[nH]c12)N1CCNCC1. The Balaban J connectivity index is 1.65. The van der Waals surface area contributed by atoms with E-state index in [1.807, 2.05) is 4.90 Å². The number of nitrogens with one attached hydrogen (secondary N) is 3. The molecule has 8 nitrogen and oxygen atoms in total. The molecule has 0 unspecified atom stereocenters. The zero-order valence-corrected chi connectivity index (χ0v) is 10.4. The molecule has 0 atom stereocenters. The molecule has 3 N–H and O–H groups in total. The van der Waals surface area contributed by atoms with Crippen LogP contribution in [-0.4, -0.2) is 63.5 Å². The Hall–Kier alpha value is -2.22. The standard InChI is InChI=1S/C11H15N7O/c19-8(18-3-1-12-2-4-18)5-13-10-9-11(15-6-14-9)17-7-16-10/h6-7,12H,1-5H2,(H2,13,14,15,16,17). The Kier molecular flexibility index (Phi) is 3.23. The first-order valence-corrected chi connectivity index (χ1v) is 6.21. The molecule has 8 heteroatoms. The largest absolute Gasteiger partial charge is 0.359 e. The predicted octanol–water partition coefficient (Wildman–Crippen LogP) is -0.803. The fourth-order valence-electron chi connectivity index (χ4n) is 2.08. The van der Waals surface area contributed by atoms with Crippen molar-refractivity contribution in [2.45, 2.75) is 0 Å². The number of nitrogens with zero attached hydrogens (tertiary/aromatic N) is 4. The molecule has 0 bridgehead atoms. The number of aromatic amines is 1. The van der Waals surface area contributed by atoms with Gasteiger partial charge in [0.15, 0.2) is 11.5 Å². The van der Waals surface area contributed by atoms with Crippen molar-refractivity contribution < 1.29 is 4.79 Å². The molecule has 0 spiro atoms. The van der Waals surface area contributed by atoms with Crippen LogP contribution in [0.1, 0.15) is 0 Å². The summed E-state index contributed by atoms with van der Waals surface area (Å²) >= 11 is 0. The summed E-state index contributed by atoms with van der Waals surface area (Å²) in [6, 6.07) is 0. The highest BCUT2D eigenvalue weighted by Gasteiger charge is 2.16. The number of aromatic nitrogens is 4. The molecular formula is C11H15N7O. The third-order valence-corrected chi connectivity index (χ3v) is 3.10. The Morgan fingerprint density at radius 1 is 1.32 bits per heavy atom. The van der Waals surface area contributed by atoms with Crippen molar-refractivity contribution in [2.24, 2.45) is 0 Å². The number of carbonyl (C=O) groups is 1. The monoisotopic (exact) mass is 261 g/mol. The molecule has 1 fully saturated rings. The lowest BCUT2D eigenvalue weighted by atomic mass is 10.3. The number of imidazole rings is 1. The first-order valence-electron chi connectivity index (χ1n) is 6.21. The van der Waals surface area contributed by atoms with Crippen molar-refractivity contribution >= 4 is 22.9 Å². The highest BCUT2D eigenvalue weighted by atomic mass is 16.2. The van der Waals surface area contributed by atoms with Crippen LogP contribution in [0.5, 0.6) is 0 Å². The lowest BCUT2D eigenvalue weighted by Gasteiger charge is -2.27. The molecule has 19 heavy (non-hydrogen) atoms. The summed E-state index contributed by atoms with van der Waals surface area (Å²) in [7, 11) is 0. The summed E-state index contributed by atoms with van der Waals surface area (Å²) in [6.07, 6.45) is 2.99. The molecule has 3 heterocycles. The van der Waals surface area contributed by atoms with E-state index in [1.165, 1.54) is 6.33 Å². The minimum absolute atomic E-state index is 0.0766. The van der Waals surface area contributed by atoms with Gasteiger partial charge < -0.3 is 20.5 Å². The highest BCUT2D eigenvalue weighted by molar-refractivity contribution is 5.86. The summed E-state index contributed by atoms with van der Waals surface area (Å²) < 4.78 is 0. The van der Waals surface area contributed by atoms with Crippen molar-refractivity contribution in [1.29, 1.82) is 0 Å². The molecule has 0 saturated carbocycles. The third-order valence-electron chi connectivity index (χ3n) is 3.10. The lowest BCUT2D eigenvalue weighted by Crippen LogP contribution is -2.48. The lowest BCUT2D eigenvalue weighted by molar-refractivity contribution is -0.129. The normalized spacial score (nSPS) is 15.7. The average Bonchev–Trinajstić information content (AvgIpc) is 2.94. The van der Waals surface area contributed by atoms with E-state index in [9.17, 15) is 4.79 Å². The number of piperazine rings is 1. The first kappa shape index (κ1) is 11.8. The second-order valence-corrected chi connectivity index (χ2v) is 4.31. The zero-order valence-electron chi connectivity index (χ0n) is 10.4. The van der Waals surface area contributed by atoms with Crippen LogP contribution in [-0.2, 0) is 4.79 Å². The Labute approximate surface area is 109 Å². The fraction of sp³-hybridized carbons (Fsp3) is 0.455. The minimum atomic E-state index is 0.0766. The van der Waals surface area contributed by atoms with Crippen LogP contribution in [0.2, 0.25) is 0 Å². The van der Waals surface area contributed by atoms with Crippen molar-refractivity contribution in [3.63, 3.8) is 0 Å². The van der Waals surface area contributed by atoms with Gasteiger partial charge in [-0.3, -0.25) is 4.79 Å². The molecule has 2 aromatic heterocycles. The minimum Gasteiger partial charge on any atom is -0.359 e. The molecule has 1 saturated heterocycles. The maximum atomic E-state index is 12.0. The van der Waals surface area contributed by atoms with E-state index in [4.69, 9.17) is 0 Å². The van der Waals surface area contributed by atoms with Crippen molar-refractivity contribution in [2.75, 3.05) is 38.0 Å². The van der Waals surface area contributed by atoms with Crippen LogP contribution in [0.4, 0.5) is 5.82 Å². The van der Waals surface area contributed by atoms with Crippen molar-refractivity contribution in [1.82, 2.24) is 30.2 Å². The van der Waals surface area contributed by atoms with Gasteiger partial charge in [-0.1, -0.05) is 0 Å². The molecule has 0 radical (unpaired) electrons. The van der Waals surface area contributed by atoms with E-state index in [0.29, 0.717) is 11.5 Å². The van der Waals surface area contributed by atoms with Gasteiger partial charge in [-0.05, 0) is 0 Å². The molecule has 100 valence electrons. The van der Waals surface area contributed by atoms with Gasteiger partial charge in [0.25, 0.3) is 0 Å². The van der Waals surface area contributed by atoms with E-state index in [-0.39, 0.29) is 12.5 Å². The number of amides is 1. The number of hydrogen-bond donors (Lipinski definition) is 3. The van der Waals surface area contributed by atoms with E-state index >= 15 is 0 Å². The maximum Gasteiger partial charge on any atom is 0.242 e. The number of anilines is 1. The van der Waals surface area contributed by atoms with Crippen LogP contribution in [0.3, 0.4) is 0 Å². The van der Waals surface area contributed by atoms with Gasteiger partial charge in [0.05, 0.1) is 12.9 Å². The smallest absolute Gasteiger partial charge is 0.242 e. The third kappa shape index (κ3) is 2.48. The summed E-state index contributed by atoms with van der Waals surface area (Å²) in [5, 5.41) is 6.25. The summed E-state index contributed by atoms with van der Waals surface area (Å²) in [5.74, 6) is 0.679. The van der Waals surface area contributed by atoms with Gasteiger partial charge in [0, 0.05) is 26.2 Å². The molecule has 1 amide bonds. The Morgan fingerprint density at radius 3 is 3.00 bits per heavy atom. The summed E-state index contributed by atoms with van der Waals surface area (Å²) in [5.41, 5.74) is 1.31. The molecule has 1 aliphatic rings. The predicted molar refractivity (Wildman–Crippen MR) is 69.6 cm³/mol. The van der Waals surface area contributed by atoms with Crippen LogP contribution in [0.15, 0.2) is 12.7 Å². The van der Waals surface area contributed by atoms with Gasteiger partial charge in [0.2, 0.25) is 5.91 Å². The van der Waals surface area contributed by atoms with Gasteiger partial charge in [-0.2, -0.15) is 0 Å². The fourth-order valence-corrected chi connectivity index (χ4v) is 2.08. The van der Waals surface area contributed by atoms with E-state index in [1.54, 1.807) is 6.33 Å². The van der Waals surface area contributed by atoms with Gasteiger partial charge >= 0.3 is 0 Å². The molecule has 3 rings (SSSR count). The summed E-state index contributed by atoms with van der Waals surface area (Å²) in [6.45, 7) is 3.44. The van der Waals surface area contributed by atoms with Crippen LogP contribution in [0, 0.1) is 0 Å². The number of H-pyrrole nitrogens is 1. The first-order chi connectivity index (χ1) is 9.34. The quantitative estimate of drug-likeness (QED) is 0.669. The Bertz CT molecular complexity index is 575. The van der Waals surface area contributed by atoms with Crippen LogP contribution in [0.25, 0.3) is 11.2 Å². The highest BCUT2D eigenvalue weighted by Crippen LogP contribution is 2.13. The average molecular weight is 261 g/mol. The topological polar surface area (TPSA) is 98.8 Å². The number of rotatable bonds is 3. The maximum absolute atomic E-state index is 12.0. The van der Waals surface area contributed by atoms with Gasteiger partial charge in [-0.25, -0.2) is 15.0 Å². The molecule has 1 aliphatic heterocycles. The zero-order chi connectivity index (χ0) is 13.1. The van der Waals surface area contributed by atoms with E-state index in [2.05, 4.69) is 30.6 Å². The van der Waals surface area contributed by atoms with Crippen molar-refractivity contribution in [3.05, 3.63) is 12.7 Å². The summed E-state index contributed by atoms with van der Waals surface area (Å²) in [4.78, 5) is 29.0. The molecular weight excluding hydrogens is 246 g/mol. The van der Waals surface area contributed by atoms with Crippen LogP contribution >= 0.6 is 0 Å². The van der Waals surface area contributed by atoms with Gasteiger partial charge in [-0.15, -0.1) is 0 Å². The molecule has 0 aromatic carbocycles. The van der Waals surface area contributed by atoms with Crippen LogP contribution < -0.4 is 10.6 Å².